The van der Waals surface area contributed by atoms with Crippen molar-refractivity contribution in [3.8, 4) is 16.8 Å². The van der Waals surface area contributed by atoms with Gasteiger partial charge in [0.05, 0.1) is 16.3 Å². The first kappa shape index (κ1) is 28.0. The van der Waals surface area contributed by atoms with Crippen LogP contribution in [0.1, 0.15) is 46.1 Å². The van der Waals surface area contributed by atoms with Crippen molar-refractivity contribution in [3.63, 3.8) is 0 Å². The van der Waals surface area contributed by atoms with Gasteiger partial charge in [-0.15, -0.1) is 0 Å². The van der Waals surface area contributed by atoms with E-state index in [0.29, 0.717) is 4.53 Å². The Morgan fingerprint density at radius 1 is 0.844 bits per heavy atom. The van der Waals surface area contributed by atoms with Gasteiger partial charge in [0.15, 0.2) is 4.80 Å². The molecule has 0 saturated carbocycles. The van der Waals surface area contributed by atoms with Crippen LogP contribution in [0.15, 0.2) is 129 Å². The third kappa shape index (κ3) is 4.80. The summed E-state index contributed by atoms with van der Waals surface area (Å²) >= 11 is 5.07. The van der Waals surface area contributed by atoms with E-state index in [1.807, 2.05) is 10.6 Å². The lowest BCUT2D eigenvalue weighted by atomic mass is 9.83. The van der Waals surface area contributed by atoms with E-state index in [2.05, 4.69) is 144 Å². The minimum absolute atomic E-state index is 0.00842. The maximum Gasteiger partial charge on any atom is 0.271 e. The van der Waals surface area contributed by atoms with E-state index in [-0.39, 0.29) is 11.6 Å². The van der Waals surface area contributed by atoms with E-state index in [0.717, 1.165) is 56.0 Å². The second-order valence-electron chi connectivity index (χ2n) is 11.7. The Balaban J connectivity index is 1.25. The fraction of sp³-hybridized carbons (Fsp3) is 0.128. The number of hydrogen-bond acceptors (Lipinski definition) is 3. The lowest BCUT2D eigenvalue weighted by molar-refractivity contribution is 0.585. The first-order valence-electron chi connectivity index (χ1n) is 15.2. The molecule has 6 aromatic rings. The molecule has 6 heteroatoms. The minimum atomic E-state index is -0.185. The Morgan fingerprint density at radius 3 is 2.33 bits per heavy atom. The summed E-state index contributed by atoms with van der Waals surface area (Å²) in [5.74, 6) is 0. The number of fused-ring (bicyclic) bond motifs is 3. The van der Waals surface area contributed by atoms with Gasteiger partial charge in [-0.25, -0.2) is 4.99 Å². The van der Waals surface area contributed by atoms with Crippen LogP contribution < -0.4 is 14.9 Å². The third-order valence-corrected chi connectivity index (χ3v) is 10.6. The summed E-state index contributed by atoms with van der Waals surface area (Å²) in [6.07, 6.45) is 3.88. The zero-order valence-corrected chi connectivity index (χ0v) is 27.4. The molecule has 0 unspecified atom stereocenters. The third-order valence-electron chi connectivity index (χ3n) is 9.05. The highest BCUT2D eigenvalue weighted by Crippen LogP contribution is 2.41. The van der Waals surface area contributed by atoms with Gasteiger partial charge in [0.25, 0.3) is 5.56 Å². The van der Waals surface area contributed by atoms with Gasteiger partial charge in [-0.05, 0) is 96.5 Å². The molecule has 220 valence electrons. The highest BCUT2D eigenvalue weighted by atomic mass is 79.9. The molecule has 1 atom stereocenters. The van der Waals surface area contributed by atoms with Gasteiger partial charge < -0.3 is 4.57 Å². The van der Waals surface area contributed by atoms with Gasteiger partial charge in [-0.2, -0.15) is 0 Å². The van der Waals surface area contributed by atoms with Crippen LogP contribution in [0.2, 0.25) is 0 Å². The highest BCUT2D eigenvalue weighted by Gasteiger charge is 2.32. The summed E-state index contributed by atoms with van der Waals surface area (Å²) in [4.78, 5) is 20.2. The van der Waals surface area contributed by atoms with Crippen molar-refractivity contribution >= 4 is 39.0 Å². The van der Waals surface area contributed by atoms with E-state index in [4.69, 9.17) is 4.99 Å². The first-order chi connectivity index (χ1) is 22.0. The van der Waals surface area contributed by atoms with Crippen LogP contribution in [0.4, 0.5) is 0 Å². The highest BCUT2D eigenvalue weighted by molar-refractivity contribution is 9.10. The molecule has 8 rings (SSSR count). The quantitative estimate of drug-likeness (QED) is 0.187. The SMILES string of the molecule is Cc1cc(/C=c2\sc3n(c2=O)[C@H](c2ccc(Br)cc2)C2=C(N=3)c3ccccc3CC2)c(C)n1-c1ccc(-c2ccccc2)cc1. The Hall–Kier alpha value is -4.52. The number of aryl methyl sites for hydroxylation is 2. The van der Waals surface area contributed by atoms with E-state index >= 15 is 0 Å². The van der Waals surface area contributed by atoms with Crippen molar-refractivity contribution in [3.05, 3.63) is 173 Å². The molecule has 0 bridgehead atoms. The minimum Gasteiger partial charge on any atom is -0.318 e. The molecule has 4 nitrogen and oxygen atoms in total. The van der Waals surface area contributed by atoms with E-state index in [1.54, 1.807) is 0 Å². The fourth-order valence-electron chi connectivity index (χ4n) is 6.87. The van der Waals surface area contributed by atoms with E-state index < -0.39 is 0 Å². The monoisotopic (exact) mass is 667 g/mol. The molecule has 1 aliphatic heterocycles. The van der Waals surface area contributed by atoms with Gasteiger partial charge in [0.1, 0.15) is 0 Å². The summed E-state index contributed by atoms with van der Waals surface area (Å²) in [6, 6.07) is 38.0. The summed E-state index contributed by atoms with van der Waals surface area (Å²) in [5, 5.41) is 0. The topological polar surface area (TPSA) is 39.3 Å². The zero-order valence-electron chi connectivity index (χ0n) is 25.0. The number of hydrogen-bond donors (Lipinski definition) is 0. The molecule has 0 N–H and O–H groups in total. The predicted molar refractivity (Wildman–Crippen MR) is 188 cm³/mol. The molecule has 0 saturated heterocycles. The number of rotatable bonds is 4. The Labute approximate surface area is 274 Å². The maximum atomic E-state index is 14.3. The van der Waals surface area contributed by atoms with Crippen LogP contribution in [0.5, 0.6) is 0 Å². The Morgan fingerprint density at radius 2 is 1.56 bits per heavy atom. The fourth-order valence-corrected chi connectivity index (χ4v) is 8.13. The van der Waals surface area contributed by atoms with Gasteiger partial charge in [0.2, 0.25) is 0 Å². The molecular weight excluding hydrogens is 638 g/mol. The maximum absolute atomic E-state index is 14.3. The van der Waals surface area contributed by atoms with E-state index in [9.17, 15) is 4.79 Å². The Kier molecular flexibility index (Phi) is 6.92. The van der Waals surface area contributed by atoms with Gasteiger partial charge in [-0.3, -0.25) is 9.36 Å². The normalized spacial score (nSPS) is 15.8. The summed E-state index contributed by atoms with van der Waals surface area (Å²) < 4.78 is 5.90. The van der Waals surface area contributed by atoms with Gasteiger partial charge >= 0.3 is 0 Å². The molecule has 0 amide bonds. The molecular formula is C39H30BrN3OS. The van der Waals surface area contributed by atoms with Crippen molar-refractivity contribution in [2.75, 3.05) is 0 Å². The largest absolute Gasteiger partial charge is 0.318 e. The van der Waals surface area contributed by atoms with Crippen molar-refractivity contribution in [2.24, 2.45) is 4.99 Å². The van der Waals surface area contributed by atoms with E-state index in [1.165, 1.54) is 39.2 Å². The average molecular weight is 669 g/mol. The van der Waals surface area contributed by atoms with Crippen LogP contribution in [0, 0.1) is 13.8 Å². The second kappa shape index (κ2) is 11.1. The number of benzene rings is 4. The molecule has 2 aromatic heterocycles. The van der Waals surface area contributed by atoms with Crippen LogP contribution in [0.3, 0.4) is 0 Å². The molecule has 0 fully saturated rings. The zero-order chi connectivity index (χ0) is 30.7. The molecule has 45 heavy (non-hydrogen) atoms. The number of thiazole rings is 1. The summed E-state index contributed by atoms with van der Waals surface area (Å²) in [5.41, 5.74) is 12.6. The molecule has 2 aliphatic rings. The van der Waals surface area contributed by atoms with Crippen molar-refractivity contribution < 1.29 is 0 Å². The summed E-state index contributed by atoms with van der Waals surface area (Å²) in [7, 11) is 0. The molecule has 0 spiro atoms. The first-order valence-corrected chi connectivity index (χ1v) is 16.8. The van der Waals surface area contributed by atoms with Gasteiger partial charge in [-0.1, -0.05) is 106 Å². The molecule has 4 aromatic carbocycles. The van der Waals surface area contributed by atoms with Crippen LogP contribution in [-0.4, -0.2) is 9.13 Å². The lowest BCUT2D eigenvalue weighted by Crippen LogP contribution is -2.38. The number of nitrogens with zero attached hydrogens (tertiary/aromatic N) is 3. The smallest absolute Gasteiger partial charge is 0.271 e. The number of aromatic nitrogens is 2. The number of allylic oxidation sites excluding steroid dienone is 1. The van der Waals surface area contributed by atoms with Crippen LogP contribution in [-0.2, 0) is 6.42 Å². The molecule has 0 radical (unpaired) electrons. The average Bonchev–Trinajstić information content (AvgIpc) is 3.54. The Bertz CT molecular complexity index is 2310. The number of halogens is 1. The molecule has 3 heterocycles. The van der Waals surface area contributed by atoms with Crippen molar-refractivity contribution in [1.29, 1.82) is 0 Å². The standard InChI is InChI=1S/C39H30BrN3OS/c1-24-22-30(25(2)42(24)32-19-14-27(15-20-32)26-8-4-3-5-9-26)23-35-38(44)43-37(29-12-17-31(40)18-13-29)34-21-16-28-10-6-7-11-33(28)36(34)41-39(43)45-35/h3-15,17-20,22-23,37H,16,21H2,1-2H3/b35-23-/t37-/m1/s1. The summed E-state index contributed by atoms with van der Waals surface area (Å²) in [6.45, 7) is 4.25. The predicted octanol–water partition coefficient (Wildman–Crippen LogP) is 8.16. The van der Waals surface area contributed by atoms with Gasteiger partial charge in [0, 0.05) is 27.1 Å². The van der Waals surface area contributed by atoms with Crippen LogP contribution >= 0.6 is 27.3 Å². The lowest BCUT2D eigenvalue weighted by Gasteiger charge is -2.30. The van der Waals surface area contributed by atoms with Crippen LogP contribution in [0.25, 0.3) is 28.6 Å². The van der Waals surface area contributed by atoms with Crippen molar-refractivity contribution in [2.45, 2.75) is 32.7 Å². The second-order valence-corrected chi connectivity index (χ2v) is 13.7. The molecule has 1 aliphatic carbocycles. The van der Waals surface area contributed by atoms with Crippen molar-refractivity contribution in [1.82, 2.24) is 9.13 Å².